The van der Waals surface area contributed by atoms with E-state index in [0.29, 0.717) is 6.54 Å². The maximum Gasteiger partial charge on any atom is 0.248 e. The molecule has 0 radical (unpaired) electrons. The molecule has 0 saturated heterocycles. The van der Waals surface area contributed by atoms with Gasteiger partial charge >= 0.3 is 0 Å². The number of carbonyl (C=O) groups is 1. The zero-order valence-corrected chi connectivity index (χ0v) is 12.5. The van der Waals surface area contributed by atoms with Gasteiger partial charge < -0.3 is 10.3 Å². The summed E-state index contributed by atoms with van der Waals surface area (Å²) in [6, 6.07) is 1.12. The Hall–Kier alpha value is -1.67. The largest absolute Gasteiger partial charge is 0.366 e. The fraction of sp³-hybridized carbons (Fsp3) is 0.500. The molecule has 0 fully saturated rings. The van der Waals surface area contributed by atoms with Gasteiger partial charge in [0.15, 0.2) is 0 Å². The van der Waals surface area contributed by atoms with E-state index in [9.17, 15) is 18.0 Å². The highest BCUT2D eigenvalue weighted by molar-refractivity contribution is 7.89. The van der Waals surface area contributed by atoms with Gasteiger partial charge in [0.2, 0.25) is 21.4 Å². The van der Waals surface area contributed by atoms with Crippen LogP contribution >= 0.6 is 0 Å². The van der Waals surface area contributed by atoms with Crippen LogP contribution in [0.2, 0.25) is 0 Å². The van der Waals surface area contributed by atoms with Crippen molar-refractivity contribution in [2.24, 2.45) is 5.92 Å². The molecule has 7 nitrogen and oxygen atoms in total. The van der Waals surface area contributed by atoms with Crippen molar-refractivity contribution in [2.45, 2.75) is 18.7 Å². The number of amides is 1. The first-order valence-corrected chi connectivity index (χ1v) is 7.59. The predicted octanol–water partition coefficient (Wildman–Crippen LogP) is -0.232. The number of nitrogens with zero attached hydrogens (tertiary/aromatic N) is 1. The molecule has 8 heteroatoms. The number of aromatic amines is 1. The van der Waals surface area contributed by atoms with Gasteiger partial charge in [-0.3, -0.25) is 9.59 Å². The molecule has 2 N–H and O–H groups in total. The van der Waals surface area contributed by atoms with Crippen LogP contribution in [-0.4, -0.2) is 43.8 Å². The van der Waals surface area contributed by atoms with Crippen molar-refractivity contribution in [1.82, 2.24) is 14.6 Å². The van der Waals surface area contributed by atoms with Crippen molar-refractivity contribution in [3.63, 3.8) is 0 Å². The first-order valence-electron chi connectivity index (χ1n) is 6.15. The van der Waals surface area contributed by atoms with Gasteiger partial charge in [-0.05, 0) is 5.92 Å². The summed E-state index contributed by atoms with van der Waals surface area (Å²) < 4.78 is 25.2. The van der Waals surface area contributed by atoms with Crippen molar-refractivity contribution in [2.75, 3.05) is 20.1 Å². The lowest BCUT2D eigenvalue weighted by molar-refractivity contribution is -0.121. The summed E-state index contributed by atoms with van der Waals surface area (Å²) >= 11 is 0. The molecular formula is C12H19N3O4S. The van der Waals surface area contributed by atoms with Crippen molar-refractivity contribution in [3.8, 4) is 0 Å². The number of sulfonamides is 1. The lowest BCUT2D eigenvalue weighted by atomic mass is 10.2. The lowest BCUT2D eigenvalue weighted by Gasteiger charge is -2.16. The second-order valence-corrected chi connectivity index (χ2v) is 6.85. The van der Waals surface area contributed by atoms with Crippen molar-refractivity contribution >= 4 is 15.9 Å². The topological polar surface area (TPSA) is 99.3 Å². The van der Waals surface area contributed by atoms with Gasteiger partial charge in [0.25, 0.3) is 0 Å². The highest BCUT2D eigenvalue weighted by atomic mass is 32.2. The zero-order valence-electron chi connectivity index (χ0n) is 11.7. The number of carbonyl (C=O) groups excluding carboxylic acids is 1. The zero-order chi connectivity index (χ0) is 15.3. The number of rotatable bonds is 6. The smallest absolute Gasteiger partial charge is 0.248 e. The number of aromatic nitrogens is 1. The average Bonchev–Trinajstić information content (AvgIpc) is 2.36. The Morgan fingerprint density at radius 3 is 2.65 bits per heavy atom. The minimum atomic E-state index is -3.97. The van der Waals surface area contributed by atoms with E-state index in [0.717, 1.165) is 16.6 Å². The Labute approximate surface area is 118 Å². The molecule has 0 aliphatic carbocycles. The van der Waals surface area contributed by atoms with Gasteiger partial charge in [-0.25, -0.2) is 8.42 Å². The Morgan fingerprint density at radius 2 is 2.10 bits per heavy atom. The van der Waals surface area contributed by atoms with Gasteiger partial charge in [0.1, 0.15) is 4.90 Å². The molecular weight excluding hydrogens is 282 g/mol. The lowest BCUT2D eigenvalue weighted by Crippen LogP contribution is -2.40. The number of likely N-dealkylation sites (N-methyl/N-ethyl adjacent to an activating group) is 1. The molecule has 1 rings (SSSR count). The van der Waals surface area contributed by atoms with Crippen molar-refractivity contribution < 1.29 is 13.2 Å². The second kappa shape index (κ2) is 6.67. The molecule has 0 bridgehead atoms. The Balaban J connectivity index is 2.81. The minimum absolute atomic E-state index is 0.276. The van der Waals surface area contributed by atoms with Gasteiger partial charge in [-0.1, -0.05) is 13.8 Å². The van der Waals surface area contributed by atoms with Crippen molar-refractivity contribution in [1.29, 1.82) is 0 Å². The maximum atomic E-state index is 12.2. The van der Waals surface area contributed by atoms with Crippen LogP contribution < -0.4 is 10.7 Å². The molecule has 0 unspecified atom stereocenters. The summed E-state index contributed by atoms with van der Waals surface area (Å²) in [6.07, 6.45) is 2.46. The standard InChI is InChI=1S/C12H19N3O4S/c1-9(2)6-14-12(17)8-15(3)20(18,19)11-7-13-5-4-10(11)16/h4-5,7,9H,6,8H2,1-3H3,(H,13,16)(H,14,17). The van der Waals surface area contributed by atoms with E-state index in [4.69, 9.17) is 0 Å². The highest BCUT2D eigenvalue weighted by Gasteiger charge is 2.25. The number of hydrogen-bond donors (Lipinski definition) is 2. The van der Waals surface area contributed by atoms with E-state index in [1.165, 1.54) is 13.2 Å². The Kier molecular flexibility index (Phi) is 5.46. The quantitative estimate of drug-likeness (QED) is 0.758. The fourth-order valence-corrected chi connectivity index (χ4v) is 2.59. The third-order valence-corrected chi connectivity index (χ3v) is 4.37. The summed E-state index contributed by atoms with van der Waals surface area (Å²) in [5, 5.41) is 2.62. The molecule has 0 aliphatic heterocycles. The molecule has 0 saturated carbocycles. The molecule has 0 aromatic carbocycles. The number of pyridine rings is 1. The third kappa shape index (κ3) is 4.17. The van der Waals surface area contributed by atoms with Crippen LogP contribution in [0.25, 0.3) is 0 Å². The molecule has 0 aliphatic rings. The minimum Gasteiger partial charge on any atom is -0.366 e. The molecule has 1 amide bonds. The first-order chi connectivity index (χ1) is 9.25. The first kappa shape index (κ1) is 16.4. The monoisotopic (exact) mass is 301 g/mol. The number of nitrogens with one attached hydrogen (secondary N) is 2. The van der Waals surface area contributed by atoms with Crippen LogP contribution in [0.3, 0.4) is 0 Å². The summed E-state index contributed by atoms with van der Waals surface area (Å²) in [7, 11) is -2.71. The van der Waals surface area contributed by atoms with E-state index in [1.54, 1.807) is 0 Å². The summed E-state index contributed by atoms with van der Waals surface area (Å²) in [4.78, 5) is 25.3. The average molecular weight is 301 g/mol. The van der Waals surface area contributed by atoms with E-state index in [-0.39, 0.29) is 17.4 Å². The highest BCUT2D eigenvalue weighted by Crippen LogP contribution is 2.07. The maximum absolute atomic E-state index is 12.2. The van der Waals surface area contributed by atoms with Crippen LogP contribution in [0, 0.1) is 5.92 Å². The molecule has 0 spiro atoms. The van der Waals surface area contributed by atoms with Crippen LogP contribution in [-0.2, 0) is 14.8 Å². The van der Waals surface area contributed by atoms with E-state index in [1.807, 2.05) is 13.8 Å². The Bertz CT molecular complexity index is 622. The summed E-state index contributed by atoms with van der Waals surface area (Å²) in [5.41, 5.74) is -0.613. The third-order valence-electron chi connectivity index (χ3n) is 2.55. The summed E-state index contributed by atoms with van der Waals surface area (Å²) in [5.74, 6) is -0.130. The molecule has 20 heavy (non-hydrogen) atoms. The van der Waals surface area contributed by atoms with Crippen LogP contribution in [0.4, 0.5) is 0 Å². The number of H-pyrrole nitrogens is 1. The fourth-order valence-electron chi connectivity index (χ4n) is 1.43. The Morgan fingerprint density at radius 1 is 1.45 bits per heavy atom. The number of hydrogen-bond acceptors (Lipinski definition) is 4. The van der Waals surface area contributed by atoms with E-state index >= 15 is 0 Å². The second-order valence-electron chi connectivity index (χ2n) is 4.83. The van der Waals surface area contributed by atoms with Gasteiger partial charge in [-0.15, -0.1) is 0 Å². The molecule has 1 aromatic rings. The van der Waals surface area contributed by atoms with E-state index in [2.05, 4.69) is 10.3 Å². The summed E-state index contributed by atoms with van der Waals surface area (Å²) in [6.45, 7) is 4.01. The predicted molar refractivity (Wildman–Crippen MR) is 74.7 cm³/mol. The van der Waals surface area contributed by atoms with Crippen LogP contribution in [0.1, 0.15) is 13.8 Å². The van der Waals surface area contributed by atoms with Crippen LogP contribution in [0.15, 0.2) is 28.2 Å². The van der Waals surface area contributed by atoms with Gasteiger partial charge in [-0.2, -0.15) is 4.31 Å². The van der Waals surface area contributed by atoms with Gasteiger partial charge in [0.05, 0.1) is 6.54 Å². The van der Waals surface area contributed by atoms with Crippen molar-refractivity contribution in [3.05, 3.63) is 28.7 Å². The molecule has 1 aromatic heterocycles. The molecule has 0 atom stereocenters. The van der Waals surface area contributed by atoms with Crippen LogP contribution in [0.5, 0.6) is 0 Å². The molecule has 112 valence electrons. The SMILES string of the molecule is CC(C)CNC(=O)CN(C)S(=O)(=O)c1c[nH]ccc1=O. The van der Waals surface area contributed by atoms with Gasteiger partial charge in [0, 0.05) is 32.1 Å². The molecule has 1 heterocycles. The normalized spacial score (nSPS) is 11.8. The van der Waals surface area contributed by atoms with E-state index < -0.39 is 21.4 Å².